The van der Waals surface area contributed by atoms with Crippen molar-refractivity contribution in [3.8, 4) is 11.5 Å². The van der Waals surface area contributed by atoms with Crippen molar-refractivity contribution < 1.29 is 18.7 Å². The number of nitrogens with one attached hydrogen (secondary N) is 1. The van der Waals surface area contributed by atoms with Gasteiger partial charge in [-0.15, -0.1) is 0 Å². The molecule has 1 aromatic carbocycles. The monoisotopic (exact) mass is 310 g/mol. The van der Waals surface area contributed by atoms with Crippen LogP contribution in [0.3, 0.4) is 0 Å². The molecule has 1 aromatic rings. The molecule has 1 saturated carbocycles. The van der Waals surface area contributed by atoms with Gasteiger partial charge in [0.05, 0.1) is 25.8 Å². The maximum Gasteiger partial charge on any atom is 0.229 e. The van der Waals surface area contributed by atoms with Crippen LogP contribution in [0.4, 0.5) is 10.1 Å². The van der Waals surface area contributed by atoms with Crippen molar-refractivity contribution in [2.45, 2.75) is 38.1 Å². The number of rotatable bonds is 4. The number of carbonyl (C=O) groups is 1. The van der Waals surface area contributed by atoms with Crippen molar-refractivity contribution in [3.05, 3.63) is 17.9 Å². The molecule has 5 nitrogen and oxygen atoms in total. The van der Waals surface area contributed by atoms with Crippen LogP contribution in [0.15, 0.2) is 12.1 Å². The van der Waals surface area contributed by atoms with Gasteiger partial charge in [0.1, 0.15) is 0 Å². The van der Waals surface area contributed by atoms with Crippen LogP contribution in [0.2, 0.25) is 0 Å². The van der Waals surface area contributed by atoms with E-state index >= 15 is 0 Å². The molecule has 2 atom stereocenters. The maximum atomic E-state index is 14.1. The van der Waals surface area contributed by atoms with E-state index in [1.165, 1.54) is 26.4 Å². The van der Waals surface area contributed by atoms with Crippen LogP contribution in [-0.2, 0) is 4.79 Å². The summed E-state index contributed by atoms with van der Waals surface area (Å²) in [4.78, 5) is 12.5. The van der Waals surface area contributed by atoms with Crippen molar-refractivity contribution in [2.75, 3.05) is 19.5 Å². The summed E-state index contributed by atoms with van der Waals surface area (Å²) in [6.07, 6.45) is 3.48. The lowest BCUT2D eigenvalue weighted by atomic mass is 9.74. The third-order valence-electron chi connectivity index (χ3n) is 4.30. The number of hydrogen-bond donors (Lipinski definition) is 2. The average molecular weight is 310 g/mol. The molecule has 6 heteroatoms. The Hall–Kier alpha value is -1.82. The zero-order valence-electron chi connectivity index (χ0n) is 13.2. The number of methoxy groups -OCH3 is 2. The first-order chi connectivity index (χ1) is 10.4. The number of nitrogens with two attached hydrogens (primary N) is 1. The Labute approximate surface area is 130 Å². The van der Waals surface area contributed by atoms with Gasteiger partial charge >= 0.3 is 0 Å². The first-order valence-electron chi connectivity index (χ1n) is 7.40. The minimum atomic E-state index is -0.569. The van der Waals surface area contributed by atoms with Gasteiger partial charge < -0.3 is 20.5 Å². The number of benzene rings is 1. The summed E-state index contributed by atoms with van der Waals surface area (Å²) in [5, 5.41) is 2.63. The molecule has 0 spiro atoms. The van der Waals surface area contributed by atoms with E-state index in [1.54, 1.807) is 0 Å². The predicted octanol–water partition coefficient (Wildman–Crippen LogP) is 2.69. The third kappa shape index (κ3) is 3.32. The molecule has 0 saturated heterocycles. The number of amides is 1. The first kappa shape index (κ1) is 16.5. The van der Waals surface area contributed by atoms with Gasteiger partial charge in [0, 0.05) is 17.7 Å². The van der Waals surface area contributed by atoms with E-state index in [9.17, 15) is 9.18 Å². The first-order valence-corrected chi connectivity index (χ1v) is 7.40. The highest BCUT2D eigenvalue weighted by Crippen LogP contribution is 2.35. The van der Waals surface area contributed by atoms with Gasteiger partial charge in [-0.3, -0.25) is 4.79 Å². The summed E-state index contributed by atoms with van der Waals surface area (Å²) in [6, 6.07) is 2.61. The molecule has 1 fully saturated rings. The van der Waals surface area contributed by atoms with Gasteiger partial charge in [0.15, 0.2) is 17.3 Å². The van der Waals surface area contributed by atoms with Crippen molar-refractivity contribution in [1.29, 1.82) is 0 Å². The molecule has 122 valence electrons. The molecular weight excluding hydrogens is 287 g/mol. The third-order valence-corrected chi connectivity index (χ3v) is 4.30. The zero-order chi connectivity index (χ0) is 16.3. The van der Waals surface area contributed by atoms with E-state index in [4.69, 9.17) is 15.2 Å². The molecule has 0 aliphatic heterocycles. The number of ether oxygens (including phenoxy) is 2. The van der Waals surface area contributed by atoms with Gasteiger partial charge in [0.25, 0.3) is 0 Å². The molecule has 2 unspecified atom stereocenters. The quantitative estimate of drug-likeness (QED) is 0.897. The SMILES string of the molecule is COc1cc(F)c(NC(=O)C2CCCCC2(C)N)cc1OC. The molecule has 3 N–H and O–H groups in total. The second-order valence-corrected chi connectivity index (χ2v) is 5.98. The fraction of sp³-hybridized carbons (Fsp3) is 0.562. The molecule has 0 aromatic heterocycles. The van der Waals surface area contributed by atoms with Gasteiger partial charge in [-0.25, -0.2) is 4.39 Å². The van der Waals surface area contributed by atoms with Gasteiger partial charge in [-0.2, -0.15) is 0 Å². The summed E-state index contributed by atoms with van der Waals surface area (Å²) < 4.78 is 24.3. The molecule has 0 heterocycles. The van der Waals surface area contributed by atoms with Crippen molar-refractivity contribution in [1.82, 2.24) is 0 Å². The van der Waals surface area contributed by atoms with Crippen molar-refractivity contribution in [3.63, 3.8) is 0 Å². The lowest BCUT2D eigenvalue weighted by Crippen LogP contribution is -2.51. The summed E-state index contributed by atoms with van der Waals surface area (Å²) >= 11 is 0. The molecule has 22 heavy (non-hydrogen) atoms. The summed E-state index contributed by atoms with van der Waals surface area (Å²) in [6.45, 7) is 1.88. The fourth-order valence-electron chi connectivity index (χ4n) is 2.96. The molecule has 0 bridgehead atoms. The van der Waals surface area contributed by atoms with Crippen LogP contribution in [0.5, 0.6) is 11.5 Å². The summed E-state index contributed by atoms with van der Waals surface area (Å²) in [7, 11) is 2.89. The van der Waals surface area contributed by atoms with Gasteiger partial charge in [-0.05, 0) is 19.8 Å². The Bertz CT molecular complexity index is 561. The number of anilines is 1. The number of halogens is 1. The number of carbonyl (C=O) groups excluding carboxylic acids is 1. The van der Waals surface area contributed by atoms with Gasteiger partial charge in [-0.1, -0.05) is 12.8 Å². The van der Waals surface area contributed by atoms with Crippen LogP contribution in [0, 0.1) is 11.7 Å². The standard InChI is InChI=1S/C16H23FN2O3/c1-16(18)7-5-4-6-10(16)15(20)19-12-9-14(22-3)13(21-2)8-11(12)17/h8-10H,4-7,18H2,1-3H3,(H,19,20). The van der Waals surface area contributed by atoms with E-state index in [-0.39, 0.29) is 23.3 Å². The lowest BCUT2D eigenvalue weighted by Gasteiger charge is -2.37. The van der Waals surface area contributed by atoms with Crippen LogP contribution >= 0.6 is 0 Å². The largest absolute Gasteiger partial charge is 0.493 e. The van der Waals surface area contributed by atoms with Crippen LogP contribution in [-0.4, -0.2) is 25.7 Å². The van der Waals surface area contributed by atoms with Crippen LogP contribution in [0.1, 0.15) is 32.6 Å². The van der Waals surface area contributed by atoms with E-state index in [1.807, 2.05) is 6.92 Å². The van der Waals surface area contributed by atoms with E-state index in [0.29, 0.717) is 12.2 Å². The van der Waals surface area contributed by atoms with Crippen LogP contribution in [0.25, 0.3) is 0 Å². The highest BCUT2D eigenvalue weighted by molar-refractivity contribution is 5.94. The maximum absolute atomic E-state index is 14.1. The van der Waals surface area contributed by atoms with E-state index in [2.05, 4.69) is 5.32 Å². The fourth-order valence-corrected chi connectivity index (χ4v) is 2.96. The van der Waals surface area contributed by atoms with Gasteiger partial charge in [0.2, 0.25) is 5.91 Å². The molecular formula is C16H23FN2O3. The summed E-state index contributed by atoms with van der Waals surface area (Å²) in [5.41, 5.74) is 5.73. The second kappa shape index (κ2) is 6.52. The highest BCUT2D eigenvalue weighted by Gasteiger charge is 2.38. The average Bonchev–Trinajstić information content (AvgIpc) is 2.48. The lowest BCUT2D eigenvalue weighted by molar-refractivity contribution is -0.122. The van der Waals surface area contributed by atoms with Crippen LogP contribution < -0.4 is 20.5 Å². The minimum Gasteiger partial charge on any atom is -0.493 e. The minimum absolute atomic E-state index is 0.0732. The Morgan fingerprint density at radius 3 is 2.55 bits per heavy atom. The predicted molar refractivity (Wildman–Crippen MR) is 82.7 cm³/mol. The van der Waals surface area contributed by atoms with E-state index in [0.717, 1.165) is 19.3 Å². The number of hydrogen-bond acceptors (Lipinski definition) is 4. The van der Waals surface area contributed by atoms with Crippen molar-refractivity contribution >= 4 is 11.6 Å². The molecule has 1 aliphatic carbocycles. The zero-order valence-corrected chi connectivity index (χ0v) is 13.2. The Kier molecular flexibility index (Phi) is 4.90. The molecule has 1 amide bonds. The Balaban J connectivity index is 2.21. The smallest absolute Gasteiger partial charge is 0.229 e. The Morgan fingerprint density at radius 1 is 1.32 bits per heavy atom. The summed E-state index contributed by atoms with van der Waals surface area (Å²) in [5.74, 6) is -0.511. The second-order valence-electron chi connectivity index (χ2n) is 5.98. The molecule has 1 aliphatic rings. The molecule has 2 rings (SSSR count). The van der Waals surface area contributed by atoms with Crippen molar-refractivity contribution in [2.24, 2.45) is 11.7 Å². The Morgan fingerprint density at radius 2 is 1.95 bits per heavy atom. The topological polar surface area (TPSA) is 73.6 Å². The molecule has 0 radical (unpaired) electrons. The highest BCUT2D eigenvalue weighted by atomic mass is 19.1. The normalized spacial score (nSPS) is 24.7. The van der Waals surface area contributed by atoms with E-state index < -0.39 is 11.4 Å².